The van der Waals surface area contributed by atoms with E-state index >= 15 is 0 Å². The monoisotopic (exact) mass is 265 g/mol. The molecule has 0 aliphatic heterocycles. The Morgan fingerprint density at radius 1 is 1.37 bits per heavy atom. The maximum absolute atomic E-state index is 11.7. The van der Waals surface area contributed by atoms with E-state index in [1.54, 1.807) is 26.2 Å². The number of nitrogens with zero attached hydrogens (tertiary/aromatic N) is 1. The van der Waals surface area contributed by atoms with Gasteiger partial charge < -0.3 is 10.5 Å². The standard InChI is InChI=1S/C14H23N3O2/c1-9-6-11(7-10(2)14(9)19-5)12(15)8-13(18)16-17(3)4/h6-7,12H,8,15H2,1-5H3,(H,16,18). The van der Waals surface area contributed by atoms with Gasteiger partial charge in [-0.25, -0.2) is 5.01 Å². The fourth-order valence-electron chi connectivity index (χ4n) is 2.13. The number of nitrogens with two attached hydrogens (primary N) is 1. The predicted octanol–water partition coefficient (Wildman–Crippen LogP) is 1.29. The second kappa shape index (κ2) is 6.54. The molecular formula is C14H23N3O2. The van der Waals surface area contributed by atoms with Crippen LogP contribution in [0.1, 0.15) is 29.2 Å². The van der Waals surface area contributed by atoms with Gasteiger partial charge in [-0.2, -0.15) is 0 Å². The molecule has 1 atom stereocenters. The van der Waals surface area contributed by atoms with E-state index in [0.717, 1.165) is 22.4 Å². The van der Waals surface area contributed by atoms with Crippen LogP contribution in [0.25, 0.3) is 0 Å². The maximum Gasteiger partial charge on any atom is 0.236 e. The van der Waals surface area contributed by atoms with Gasteiger partial charge in [-0.3, -0.25) is 10.2 Å². The summed E-state index contributed by atoms with van der Waals surface area (Å²) in [7, 11) is 5.19. The van der Waals surface area contributed by atoms with E-state index in [2.05, 4.69) is 5.43 Å². The van der Waals surface area contributed by atoms with Crippen LogP contribution in [0.4, 0.5) is 0 Å². The summed E-state index contributed by atoms with van der Waals surface area (Å²) in [5.74, 6) is 0.775. The molecule has 0 aromatic heterocycles. The molecule has 0 saturated heterocycles. The van der Waals surface area contributed by atoms with Crippen LogP contribution in [-0.2, 0) is 4.79 Å². The zero-order valence-electron chi connectivity index (χ0n) is 12.3. The maximum atomic E-state index is 11.7. The van der Waals surface area contributed by atoms with Crippen LogP contribution in [0.15, 0.2) is 12.1 Å². The number of carbonyl (C=O) groups is 1. The van der Waals surface area contributed by atoms with Crippen molar-refractivity contribution in [3.63, 3.8) is 0 Å². The average Bonchev–Trinajstić information content (AvgIpc) is 2.26. The van der Waals surface area contributed by atoms with E-state index in [-0.39, 0.29) is 18.4 Å². The Morgan fingerprint density at radius 3 is 2.32 bits per heavy atom. The van der Waals surface area contributed by atoms with Crippen LogP contribution in [0.5, 0.6) is 5.75 Å². The minimum atomic E-state index is -0.316. The third kappa shape index (κ3) is 4.22. The highest BCUT2D eigenvalue weighted by Crippen LogP contribution is 2.27. The first kappa shape index (κ1) is 15.5. The predicted molar refractivity (Wildman–Crippen MR) is 75.8 cm³/mol. The molecule has 1 unspecified atom stereocenters. The number of carbonyl (C=O) groups excluding carboxylic acids is 1. The van der Waals surface area contributed by atoms with E-state index in [1.807, 2.05) is 26.0 Å². The lowest BCUT2D eigenvalue weighted by atomic mass is 9.98. The first-order valence-corrected chi connectivity index (χ1v) is 6.22. The van der Waals surface area contributed by atoms with E-state index in [9.17, 15) is 4.79 Å². The van der Waals surface area contributed by atoms with E-state index in [4.69, 9.17) is 10.5 Å². The average molecular weight is 265 g/mol. The van der Waals surface area contributed by atoms with Crippen LogP contribution >= 0.6 is 0 Å². The van der Waals surface area contributed by atoms with E-state index < -0.39 is 0 Å². The summed E-state index contributed by atoms with van der Waals surface area (Å²) in [6, 6.07) is 3.63. The minimum Gasteiger partial charge on any atom is -0.496 e. The van der Waals surface area contributed by atoms with E-state index in [1.165, 1.54) is 0 Å². The zero-order valence-corrected chi connectivity index (χ0v) is 12.3. The SMILES string of the molecule is COc1c(C)cc(C(N)CC(=O)NN(C)C)cc1C. The Bertz CT molecular complexity index is 435. The summed E-state index contributed by atoms with van der Waals surface area (Å²) in [6.45, 7) is 3.95. The van der Waals surface area contributed by atoms with Crippen LogP contribution in [0, 0.1) is 13.8 Å². The number of nitrogens with one attached hydrogen (secondary N) is 1. The molecule has 0 saturated carbocycles. The van der Waals surface area contributed by atoms with Crippen molar-refractivity contribution in [3.05, 3.63) is 28.8 Å². The van der Waals surface area contributed by atoms with Gasteiger partial charge in [0.1, 0.15) is 5.75 Å². The van der Waals surface area contributed by atoms with Gasteiger partial charge in [-0.1, -0.05) is 12.1 Å². The Labute approximate surface area is 114 Å². The normalized spacial score (nSPS) is 12.4. The van der Waals surface area contributed by atoms with Crippen molar-refractivity contribution in [2.45, 2.75) is 26.3 Å². The number of ether oxygens (including phenoxy) is 1. The van der Waals surface area contributed by atoms with Crippen molar-refractivity contribution in [1.82, 2.24) is 10.4 Å². The smallest absolute Gasteiger partial charge is 0.236 e. The largest absolute Gasteiger partial charge is 0.496 e. The van der Waals surface area contributed by atoms with Crippen LogP contribution in [0.2, 0.25) is 0 Å². The van der Waals surface area contributed by atoms with Gasteiger partial charge in [0.2, 0.25) is 5.91 Å². The van der Waals surface area contributed by atoms with Crippen molar-refractivity contribution in [2.24, 2.45) is 5.73 Å². The number of hydrogen-bond donors (Lipinski definition) is 2. The molecule has 106 valence electrons. The first-order chi connectivity index (χ1) is 8.85. The van der Waals surface area contributed by atoms with Gasteiger partial charge in [0, 0.05) is 26.6 Å². The van der Waals surface area contributed by atoms with E-state index in [0.29, 0.717) is 0 Å². The molecule has 1 aromatic rings. The highest BCUT2D eigenvalue weighted by molar-refractivity contribution is 5.76. The molecule has 1 aromatic carbocycles. The molecule has 0 bridgehead atoms. The Balaban J connectivity index is 2.83. The van der Waals surface area contributed by atoms with Gasteiger partial charge >= 0.3 is 0 Å². The summed E-state index contributed by atoms with van der Waals surface area (Å²) in [5.41, 5.74) is 11.8. The second-order valence-electron chi connectivity index (χ2n) is 4.93. The van der Waals surface area contributed by atoms with Crippen LogP contribution < -0.4 is 15.9 Å². The molecule has 0 spiro atoms. The van der Waals surface area contributed by atoms with Gasteiger partial charge in [0.05, 0.1) is 7.11 Å². The quantitative estimate of drug-likeness (QED) is 0.787. The fourth-order valence-corrected chi connectivity index (χ4v) is 2.13. The van der Waals surface area contributed by atoms with Gasteiger partial charge in [-0.15, -0.1) is 0 Å². The molecule has 1 amide bonds. The first-order valence-electron chi connectivity index (χ1n) is 6.22. The number of rotatable bonds is 5. The topological polar surface area (TPSA) is 67.6 Å². The lowest BCUT2D eigenvalue weighted by molar-refractivity contribution is -0.125. The summed E-state index contributed by atoms with van der Waals surface area (Å²) >= 11 is 0. The fraction of sp³-hybridized carbons (Fsp3) is 0.500. The lowest BCUT2D eigenvalue weighted by Crippen LogP contribution is -2.37. The molecule has 3 N–H and O–H groups in total. The zero-order chi connectivity index (χ0) is 14.6. The third-order valence-electron chi connectivity index (χ3n) is 2.87. The van der Waals surface area contributed by atoms with Gasteiger partial charge in [-0.05, 0) is 30.5 Å². The molecule has 5 nitrogen and oxygen atoms in total. The molecule has 0 fully saturated rings. The van der Waals surface area contributed by atoms with Crippen molar-refractivity contribution in [1.29, 1.82) is 0 Å². The number of benzene rings is 1. The highest BCUT2D eigenvalue weighted by atomic mass is 16.5. The van der Waals surface area contributed by atoms with Crippen molar-refractivity contribution >= 4 is 5.91 Å². The lowest BCUT2D eigenvalue weighted by Gasteiger charge is -2.17. The Kier molecular flexibility index (Phi) is 5.32. The third-order valence-corrected chi connectivity index (χ3v) is 2.87. The number of amides is 1. The molecule has 0 radical (unpaired) electrons. The van der Waals surface area contributed by atoms with Crippen molar-refractivity contribution in [2.75, 3.05) is 21.2 Å². The molecule has 1 rings (SSSR count). The van der Waals surface area contributed by atoms with Crippen molar-refractivity contribution in [3.8, 4) is 5.75 Å². The Morgan fingerprint density at radius 2 is 1.89 bits per heavy atom. The molecule has 0 aliphatic rings. The molecule has 0 heterocycles. The molecule has 5 heteroatoms. The van der Waals surface area contributed by atoms with Crippen LogP contribution in [-0.4, -0.2) is 32.1 Å². The van der Waals surface area contributed by atoms with Gasteiger partial charge in [0.25, 0.3) is 0 Å². The van der Waals surface area contributed by atoms with Crippen LogP contribution in [0.3, 0.4) is 0 Å². The summed E-state index contributed by atoms with van der Waals surface area (Å²) < 4.78 is 5.32. The van der Waals surface area contributed by atoms with Gasteiger partial charge in [0.15, 0.2) is 0 Å². The number of aryl methyl sites for hydroxylation is 2. The van der Waals surface area contributed by atoms with Crippen molar-refractivity contribution < 1.29 is 9.53 Å². The summed E-state index contributed by atoms with van der Waals surface area (Å²) in [5, 5.41) is 1.61. The second-order valence-corrected chi connectivity index (χ2v) is 4.93. The minimum absolute atomic E-state index is 0.0939. The number of methoxy groups -OCH3 is 1. The highest BCUT2D eigenvalue weighted by Gasteiger charge is 2.14. The number of hydrazine groups is 1. The summed E-state index contributed by atoms with van der Waals surface area (Å²) in [6.07, 6.45) is 0.253. The molecular weight excluding hydrogens is 242 g/mol. The summed E-state index contributed by atoms with van der Waals surface area (Å²) in [4.78, 5) is 11.7. The molecule has 0 aliphatic carbocycles. The number of hydrogen-bond acceptors (Lipinski definition) is 4. The Hall–Kier alpha value is -1.59. The molecule has 19 heavy (non-hydrogen) atoms.